The smallest absolute Gasteiger partial charge is 0.239 e. The Bertz CT molecular complexity index is 627. The van der Waals surface area contributed by atoms with Crippen LogP contribution in [0.5, 0.6) is 0 Å². The second-order valence-corrected chi connectivity index (χ2v) is 9.52. The minimum Gasteiger partial charge on any atom is -0.372 e. The third kappa shape index (κ3) is 4.28. The molecule has 1 aromatic heterocycles. The molecule has 8 heteroatoms. The zero-order valence-corrected chi connectivity index (χ0v) is 14.6. The highest BCUT2D eigenvalue weighted by atomic mass is 32.2. The van der Waals surface area contributed by atoms with Gasteiger partial charge in [-0.2, -0.15) is 0 Å². The number of sulfone groups is 1. The molecule has 2 N–H and O–H groups in total. The van der Waals surface area contributed by atoms with E-state index in [1.165, 1.54) is 11.3 Å². The van der Waals surface area contributed by atoms with Gasteiger partial charge in [0.05, 0.1) is 24.5 Å². The second kappa shape index (κ2) is 6.66. The molecule has 1 aromatic rings. The summed E-state index contributed by atoms with van der Waals surface area (Å²) in [5.41, 5.74) is -0.256. The molecule has 22 heavy (non-hydrogen) atoms. The van der Waals surface area contributed by atoms with Gasteiger partial charge in [0, 0.05) is 11.4 Å². The number of amides is 1. The zero-order valence-electron chi connectivity index (χ0n) is 13.0. The van der Waals surface area contributed by atoms with E-state index < -0.39 is 9.84 Å². The molecule has 124 valence electrons. The quantitative estimate of drug-likeness (QED) is 0.828. The van der Waals surface area contributed by atoms with Crippen LogP contribution >= 0.6 is 11.3 Å². The summed E-state index contributed by atoms with van der Waals surface area (Å²) in [6.07, 6.45) is 0. The fraction of sp³-hybridized carbons (Fsp3) is 0.643. The Morgan fingerprint density at radius 2 is 2.23 bits per heavy atom. The summed E-state index contributed by atoms with van der Waals surface area (Å²) in [6.45, 7) is 6.82. The summed E-state index contributed by atoms with van der Waals surface area (Å²) < 4.78 is 29.5. The van der Waals surface area contributed by atoms with Crippen LogP contribution in [0.25, 0.3) is 0 Å². The Balaban J connectivity index is 1.87. The van der Waals surface area contributed by atoms with E-state index in [0.29, 0.717) is 23.9 Å². The lowest BCUT2D eigenvalue weighted by Gasteiger charge is -2.35. The molecule has 1 fully saturated rings. The summed E-state index contributed by atoms with van der Waals surface area (Å²) in [5, 5.41) is 5.97. The number of thiophene rings is 1. The maximum absolute atomic E-state index is 12.1. The Labute approximate surface area is 135 Å². The lowest BCUT2D eigenvalue weighted by molar-refractivity contribution is -0.131. The SMILES string of the molecule is CCS(=O)(=O)c1ccc(CNC(=O)C2COC(C)(C)CN2)s1. The van der Waals surface area contributed by atoms with Crippen molar-refractivity contribution < 1.29 is 17.9 Å². The van der Waals surface area contributed by atoms with Crippen LogP contribution < -0.4 is 10.6 Å². The van der Waals surface area contributed by atoms with Gasteiger partial charge in [0.1, 0.15) is 10.3 Å². The number of nitrogens with one attached hydrogen (secondary N) is 2. The molecule has 0 radical (unpaired) electrons. The van der Waals surface area contributed by atoms with Crippen molar-refractivity contribution >= 4 is 27.1 Å². The molecule has 0 saturated carbocycles. The molecular weight excluding hydrogens is 324 g/mol. The van der Waals surface area contributed by atoms with Crippen LogP contribution in [0.3, 0.4) is 0 Å². The first-order chi connectivity index (χ1) is 10.2. The van der Waals surface area contributed by atoms with Gasteiger partial charge in [-0.1, -0.05) is 6.92 Å². The van der Waals surface area contributed by atoms with Crippen LogP contribution in [0, 0.1) is 0 Å². The predicted octanol–water partition coefficient (Wildman–Crippen LogP) is 0.925. The van der Waals surface area contributed by atoms with Crippen LogP contribution in [0.15, 0.2) is 16.3 Å². The molecule has 6 nitrogen and oxygen atoms in total. The molecule has 1 saturated heterocycles. The van der Waals surface area contributed by atoms with Crippen LogP contribution in [0.2, 0.25) is 0 Å². The summed E-state index contributed by atoms with van der Waals surface area (Å²) >= 11 is 1.20. The minimum atomic E-state index is -3.18. The molecule has 0 aliphatic carbocycles. The Morgan fingerprint density at radius 1 is 1.50 bits per heavy atom. The van der Waals surface area contributed by atoms with Crippen LogP contribution in [-0.2, 0) is 25.9 Å². The number of carbonyl (C=O) groups excluding carboxylic acids is 1. The molecule has 0 spiro atoms. The maximum atomic E-state index is 12.1. The van der Waals surface area contributed by atoms with E-state index in [2.05, 4.69) is 10.6 Å². The molecule has 1 atom stereocenters. The topological polar surface area (TPSA) is 84.5 Å². The Kier molecular flexibility index (Phi) is 5.26. The lowest BCUT2D eigenvalue weighted by Crippen LogP contribution is -2.57. The average Bonchev–Trinajstić information content (AvgIpc) is 2.94. The van der Waals surface area contributed by atoms with Gasteiger partial charge in [0.2, 0.25) is 5.91 Å². The normalized spacial score (nSPS) is 21.5. The van der Waals surface area contributed by atoms with Crippen molar-refractivity contribution in [1.29, 1.82) is 0 Å². The molecule has 2 rings (SSSR count). The van der Waals surface area contributed by atoms with Crippen LogP contribution in [0.4, 0.5) is 0 Å². The summed E-state index contributed by atoms with van der Waals surface area (Å²) in [4.78, 5) is 12.9. The lowest BCUT2D eigenvalue weighted by atomic mass is 10.1. The standard InChI is InChI=1S/C14H22N2O4S2/c1-4-22(18,19)12-6-5-10(21-12)7-15-13(17)11-8-20-14(2,3)9-16-11/h5-6,11,16H,4,7-9H2,1-3H3,(H,15,17). The molecule has 1 unspecified atom stereocenters. The first-order valence-electron chi connectivity index (χ1n) is 7.20. The highest BCUT2D eigenvalue weighted by Gasteiger charge is 2.30. The van der Waals surface area contributed by atoms with E-state index in [-0.39, 0.29) is 23.3 Å². The predicted molar refractivity (Wildman–Crippen MR) is 85.7 cm³/mol. The van der Waals surface area contributed by atoms with Gasteiger partial charge in [-0.25, -0.2) is 8.42 Å². The molecule has 1 aliphatic heterocycles. The van der Waals surface area contributed by atoms with E-state index in [9.17, 15) is 13.2 Å². The highest BCUT2D eigenvalue weighted by molar-refractivity contribution is 7.93. The Morgan fingerprint density at radius 3 is 2.82 bits per heavy atom. The minimum absolute atomic E-state index is 0.0818. The zero-order chi connectivity index (χ0) is 16.4. The maximum Gasteiger partial charge on any atom is 0.239 e. The monoisotopic (exact) mass is 346 g/mol. The third-order valence-corrected chi connectivity index (χ3v) is 6.89. The van der Waals surface area contributed by atoms with E-state index in [4.69, 9.17) is 4.74 Å². The number of rotatable bonds is 5. The van der Waals surface area contributed by atoms with Gasteiger partial charge in [0.15, 0.2) is 9.84 Å². The van der Waals surface area contributed by atoms with Crippen molar-refractivity contribution in [3.63, 3.8) is 0 Å². The number of carbonyl (C=O) groups is 1. The fourth-order valence-electron chi connectivity index (χ4n) is 2.02. The molecular formula is C14H22N2O4S2. The third-order valence-electron chi connectivity index (χ3n) is 3.49. The van der Waals surface area contributed by atoms with E-state index in [0.717, 1.165) is 4.88 Å². The number of hydrogen-bond donors (Lipinski definition) is 2. The highest BCUT2D eigenvalue weighted by Crippen LogP contribution is 2.22. The molecule has 1 aliphatic rings. The van der Waals surface area contributed by atoms with E-state index in [1.54, 1.807) is 19.1 Å². The van der Waals surface area contributed by atoms with Crippen molar-refractivity contribution in [3.05, 3.63) is 17.0 Å². The average molecular weight is 346 g/mol. The van der Waals surface area contributed by atoms with Gasteiger partial charge in [-0.05, 0) is 26.0 Å². The number of hydrogen-bond acceptors (Lipinski definition) is 6. The van der Waals surface area contributed by atoms with Crippen molar-refractivity contribution in [2.45, 2.75) is 43.2 Å². The second-order valence-electron chi connectivity index (χ2n) is 5.85. The van der Waals surface area contributed by atoms with E-state index >= 15 is 0 Å². The van der Waals surface area contributed by atoms with Gasteiger partial charge in [-0.3, -0.25) is 4.79 Å². The summed E-state index contributed by atoms with van der Waals surface area (Å²) in [7, 11) is -3.18. The molecule has 1 amide bonds. The molecule has 2 heterocycles. The largest absolute Gasteiger partial charge is 0.372 e. The van der Waals surface area contributed by atoms with Crippen molar-refractivity contribution in [1.82, 2.24) is 10.6 Å². The number of ether oxygens (including phenoxy) is 1. The van der Waals surface area contributed by atoms with Crippen molar-refractivity contribution in [3.8, 4) is 0 Å². The van der Waals surface area contributed by atoms with E-state index in [1.807, 2.05) is 13.8 Å². The molecule has 0 aromatic carbocycles. The van der Waals surface area contributed by atoms with Gasteiger partial charge in [0.25, 0.3) is 0 Å². The first-order valence-corrected chi connectivity index (χ1v) is 9.67. The Hall–Kier alpha value is -0.960. The van der Waals surface area contributed by atoms with Gasteiger partial charge in [-0.15, -0.1) is 11.3 Å². The summed E-state index contributed by atoms with van der Waals surface area (Å²) in [5.74, 6) is -0.0536. The number of morpholine rings is 1. The summed E-state index contributed by atoms with van der Waals surface area (Å²) in [6, 6.07) is 2.96. The first kappa shape index (κ1) is 17.4. The van der Waals surface area contributed by atoms with Crippen molar-refractivity contribution in [2.24, 2.45) is 0 Å². The fourth-order valence-corrected chi connectivity index (χ4v) is 4.43. The van der Waals surface area contributed by atoms with Gasteiger partial charge < -0.3 is 15.4 Å². The van der Waals surface area contributed by atoms with Gasteiger partial charge >= 0.3 is 0 Å². The van der Waals surface area contributed by atoms with Crippen molar-refractivity contribution in [2.75, 3.05) is 18.9 Å². The van der Waals surface area contributed by atoms with Crippen LogP contribution in [0.1, 0.15) is 25.6 Å². The molecule has 0 bridgehead atoms. The van der Waals surface area contributed by atoms with Crippen LogP contribution in [-0.4, -0.2) is 44.9 Å².